The average Bonchev–Trinajstić information content (AvgIpc) is 2.62. The van der Waals surface area contributed by atoms with Crippen LogP contribution in [0.25, 0.3) is 0 Å². The molecule has 0 amide bonds. The lowest BCUT2D eigenvalue weighted by molar-refractivity contribution is 0.0697. The number of hydrogen-bond donors (Lipinski definition) is 2. The molecule has 1 saturated heterocycles. The first-order valence-electron chi connectivity index (χ1n) is 8.04. The van der Waals surface area contributed by atoms with Gasteiger partial charge in [-0.3, -0.25) is 4.90 Å². The molecule has 2 heterocycles. The SMILES string of the molecule is O=C(O)c1ccc(CSc2ncccc2CN2CCNCC2)cc1. The number of nitrogens with zero attached hydrogens (tertiary/aromatic N) is 2. The Morgan fingerprint density at radius 2 is 1.96 bits per heavy atom. The van der Waals surface area contributed by atoms with Gasteiger partial charge in [0.15, 0.2) is 0 Å². The van der Waals surface area contributed by atoms with E-state index in [0.717, 1.165) is 49.1 Å². The molecule has 24 heavy (non-hydrogen) atoms. The maximum absolute atomic E-state index is 10.9. The van der Waals surface area contributed by atoms with Gasteiger partial charge in [0.1, 0.15) is 5.03 Å². The fourth-order valence-electron chi connectivity index (χ4n) is 2.68. The van der Waals surface area contributed by atoms with E-state index >= 15 is 0 Å². The molecule has 0 radical (unpaired) electrons. The van der Waals surface area contributed by atoms with E-state index in [-0.39, 0.29) is 0 Å². The molecule has 3 rings (SSSR count). The minimum atomic E-state index is -0.891. The fraction of sp³-hybridized carbons (Fsp3) is 0.333. The molecule has 0 bridgehead atoms. The zero-order valence-electron chi connectivity index (χ0n) is 13.4. The van der Waals surface area contributed by atoms with Crippen molar-refractivity contribution in [3.05, 3.63) is 59.3 Å². The molecule has 6 heteroatoms. The molecule has 0 atom stereocenters. The third kappa shape index (κ3) is 4.56. The molecule has 5 nitrogen and oxygen atoms in total. The van der Waals surface area contributed by atoms with Gasteiger partial charge in [0.2, 0.25) is 0 Å². The minimum Gasteiger partial charge on any atom is -0.478 e. The number of rotatable bonds is 6. The van der Waals surface area contributed by atoms with Gasteiger partial charge < -0.3 is 10.4 Å². The van der Waals surface area contributed by atoms with Crippen LogP contribution in [0, 0.1) is 0 Å². The van der Waals surface area contributed by atoms with Crippen molar-refractivity contribution in [2.45, 2.75) is 17.3 Å². The summed E-state index contributed by atoms with van der Waals surface area (Å²) < 4.78 is 0. The number of aromatic nitrogens is 1. The second kappa shape index (κ2) is 8.28. The molecule has 2 N–H and O–H groups in total. The largest absolute Gasteiger partial charge is 0.478 e. The van der Waals surface area contributed by atoms with E-state index in [1.807, 2.05) is 24.4 Å². The van der Waals surface area contributed by atoms with Gasteiger partial charge in [-0.15, -0.1) is 11.8 Å². The number of nitrogens with one attached hydrogen (secondary N) is 1. The number of hydrogen-bond acceptors (Lipinski definition) is 5. The van der Waals surface area contributed by atoms with Crippen LogP contribution in [0.1, 0.15) is 21.5 Å². The first kappa shape index (κ1) is 17.0. The summed E-state index contributed by atoms with van der Waals surface area (Å²) in [4.78, 5) is 17.9. The van der Waals surface area contributed by atoms with Crippen molar-refractivity contribution < 1.29 is 9.90 Å². The van der Waals surface area contributed by atoms with E-state index < -0.39 is 5.97 Å². The van der Waals surface area contributed by atoms with Crippen LogP contribution < -0.4 is 5.32 Å². The molecule has 1 aromatic heterocycles. The molecule has 1 fully saturated rings. The van der Waals surface area contributed by atoms with Crippen LogP contribution in [0.5, 0.6) is 0 Å². The lowest BCUT2D eigenvalue weighted by atomic mass is 10.1. The first-order valence-corrected chi connectivity index (χ1v) is 9.03. The third-order valence-electron chi connectivity index (χ3n) is 4.03. The Morgan fingerprint density at radius 3 is 2.67 bits per heavy atom. The summed E-state index contributed by atoms with van der Waals surface area (Å²) in [5, 5.41) is 13.4. The molecular formula is C18H21N3O2S. The third-order valence-corrected chi connectivity index (χ3v) is 5.15. The van der Waals surface area contributed by atoms with Crippen molar-refractivity contribution in [3.8, 4) is 0 Å². The summed E-state index contributed by atoms with van der Waals surface area (Å²) in [5.41, 5.74) is 2.68. The van der Waals surface area contributed by atoms with Crippen LogP contribution in [-0.2, 0) is 12.3 Å². The number of aromatic carboxylic acids is 1. The highest BCUT2D eigenvalue weighted by molar-refractivity contribution is 7.98. The van der Waals surface area contributed by atoms with E-state index in [0.29, 0.717) is 5.56 Å². The maximum Gasteiger partial charge on any atom is 0.335 e. The Bertz CT molecular complexity index is 685. The van der Waals surface area contributed by atoms with Crippen molar-refractivity contribution in [3.63, 3.8) is 0 Å². The van der Waals surface area contributed by atoms with Crippen LogP contribution in [0.2, 0.25) is 0 Å². The number of carboxylic acids is 1. The molecular weight excluding hydrogens is 322 g/mol. The van der Waals surface area contributed by atoms with E-state index in [1.165, 1.54) is 5.56 Å². The predicted octanol–water partition coefficient (Wildman–Crippen LogP) is 2.48. The summed E-state index contributed by atoms with van der Waals surface area (Å²) in [6.07, 6.45) is 1.83. The summed E-state index contributed by atoms with van der Waals surface area (Å²) in [7, 11) is 0. The first-order chi connectivity index (χ1) is 11.7. The Balaban J connectivity index is 1.63. The lowest BCUT2D eigenvalue weighted by Gasteiger charge is -2.27. The number of carbonyl (C=O) groups is 1. The van der Waals surface area contributed by atoms with Crippen LogP contribution in [0.3, 0.4) is 0 Å². The molecule has 0 spiro atoms. The quantitative estimate of drug-likeness (QED) is 0.786. The molecule has 1 aliphatic heterocycles. The zero-order chi connectivity index (χ0) is 16.8. The standard InChI is InChI=1S/C18H21N3O2S/c22-18(23)15-5-3-14(4-6-15)13-24-17-16(2-1-7-20-17)12-21-10-8-19-9-11-21/h1-7,19H,8-13H2,(H,22,23). The fourth-order valence-corrected chi connectivity index (χ4v) is 3.63. The Morgan fingerprint density at radius 1 is 1.21 bits per heavy atom. The summed E-state index contributed by atoms with van der Waals surface area (Å²) in [5.74, 6) is -0.108. The molecule has 0 aliphatic carbocycles. The summed E-state index contributed by atoms with van der Waals surface area (Å²) in [6.45, 7) is 5.14. The number of carboxylic acid groups (broad SMARTS) is 1. The topological polar surface area (TPSA) is 65.5 Å². The van der Waals surface area contributed by atoms with Gasteiger partial charge in [0.25, 0.3) is 0 Å². The second-order valence-corrected chi connectivity index (χ2v) is 6.75. The van der Waals surface area contributed by atoms with Crippen molar-refractivity contribution in [1.29, 1.82) is 0 Å². The second-order valence-electron chi connectivity index (χ2n) is 5.78. The van der Waals surface area contributed by atoms with E-state index in [9.17, 15) is 4.79 Å². The van der Waals surface area contributed by atoms with Crippen molar-refractivity contribution >= 4 is 17.7 Å². The van der Waals surface area contributed by atoms with Gasteiger partial charge in [-0.05, 0) is 29.3 Å². The highest BCUT2D eigenvalue weighted by atomic mass is 32.2. The van der Waals surface area contributed by atoms with Crippen molar-refractivity contribution in [2.24, 2.45) is 0 Å². The number of thioether (sulfide) groups is 1. The predicted molar refractivity (Wildman–Crippen MR) is 95.3 cm³/mol. The van der Waals surface area contributed by atoms with E-state index in [4.69, 9.17) is 5.11 Å². The normalized spacial score (nSPS) is 15.3. The number of piperazine rings is 1. The highest BCUT2D eigenvalue weighted by Gasteiger charge is 2.13. The van der Waals surface area contributed by atoms with E-state index in [2.05, 4.69) is 21.3 Å². The smallest absolute Gasteiger partial charge is 0.335 e. The van der Waals surface area contributed by atoms with Gasteiger partial charge in [-0.2, -0.15) is 0 Å². The molecule has 1 aromatic carbocycles. The van der Waals surface area contributed by atoms with Crippen LogP contribution >= 0.6 is 11.8 Å². The van der Waals surface area contributed by atoms with Gasteiger partial charge in [-0.25, -0.2) is 9.78 Å². The van der Waals surface area contributed by atoms with E-state index in [1.54, 1.807) is 23.9 Å². The monoisotopic (exact) mass is 343 g/mol. The average molecular weight is 343 g/mol. The molecule has 0 saturated carbocycles. The maximum atomic E-state index is 10.9. The molecule has 1 aliphatic rings. The van der Waals surface area contributed by atoms with Gasteiger partial charge in [-0.1, -0.05) is 18.2 Å². The number of pyridine rings is 1. The summed E-state index contributed by atoms with van der Waals surface area (Å²) >= 11 is 1.70. The van der Waals surface area contributed by atoms with Crippen LogP contribution in [-0.4, -0.2) is 47.1 Å². The summed E-state index contributed by atoms with van der Waals surface area (Å²) in [6, 6.07) is 11.2. The number of benzene rings is 1. The Labute approximate surface area is 146 Å². The minimum absolute atomic E-state index is 0.320. The molecule has 0 unspecified atom stereocenters. The van der Waals surface area contributed by atoms with Crippen molar-refractivity contribution in [2.75, 3.05) is 26.2 Å². The van der Waals surface area contributed by atoms with Gasteiger partial charge in [0.05, 0.1) is 5.56 Å². The van der Waals surface area contributed by atoms with Crippen LogP contribution in [0.15, 0.2) is 47.6 Å². The van der Waals surface area contributed by atoms with Crippen molar-refractivity contribution in [1.82, 2.24) is 15.2 Å². The van der Waals surface area contributed by atoms with Gasteiger partial charge in [0, 0.05) is 44.7 Å². The lowest BCUT2D eigenvalue weighted by Crippen LogP contribution is -2.42. The molecule has 2 aromatic rings. The van der Waals surface area contributed by atoms with Gasteiger partial charge >= 0.3 is 5.97 Å². The Kier molecular flexibility index (Phi) is 5.85. The Hall–Kier alpha value is -1.89. The highest BCUT2D eigenvalue weighted by Crippen LogP contribution is 2.25. The molecule has 126 valence electrons. The zero-order valence-corrected chi connectivity index (χ0v) is 14.3. The van der Waals surface area contributed by atoms with Crippen LogP contribution in [0.4, 0.5) is 0 Å².